The van der Waals surface area contributed by atoms with Crippen LogP contribution in [-0.2, 0) is 23.1 Å². The van der Waals surface area contributed by atoms with Gasteiger partial charge in [0.05, 0.1) is 4.90 Å². The summed E-state index contributed by atoms with van der Waals surface area (Å²) in [5, 5.41) is 1.91. The van der Waals surface area contributed by atoms with Crippen molar-refractivity contribution in [1.82, 2.24) is 4.72 Å². The Balaban J connectivity index is 2.21. The normalized spacial score (nSPS) is 11.8. The van der Waals surface area contributed by atoms with E-state index in [1.807, 2.05) is 11.4 Å². The number of hydrogen-bond acceptors (Lipinski definition) is 4. The summed E-state index contributed by atoms with van der Waals surface area (Å²) in [5.74, 6) is 0. The maximum absolute atomic E-state index is 12.3. The number of sulfonamides is 1. The maximum atomic E-state index is 12.3. The van der Waals surface area contributed by atoms with Crippen LogP contribution in [0.5, 0.6) is 0 Å². The van der Waals surface area contributed by atoms with E-state index in [9.17, 15) is 8.42 Å². The lowest BCUT2D eigenvalue weighted by Gasteiger charge is -2.09. The van der Waals surface area contributed by atoms with E-state index in [-0.39, 0.29) is 11.4 Å². The predicted molar refractivity (Wildman–Crippen MR) is 88.1 cm³/mol. The number of nitrogens with one attached hydrogen (secondary N) is 1. The van der Waals surface area contributed by atoms with Crippen LogP contribution < -0.4 is 10.5 Å². The van der Waals surface area contributed by atoms with Gasteiger partial charge in [-0.05, 0) is 55.6 Å². The Bertz CT molecular complexity index is 714. The van der Waals surface area contributed by atoms with E-state index in [0.29, 0.717) is 11.0 Å². The summed E-state index contributed by atoms with van der Waals surface area (Å²) in [4.78, 5) is 1.14. The van der Waals surface area contributed by atoms with Gasteiger partial charge in [0.15, 0.2) is 0 Å². The van der Waals surface area contributed by atoms with Crippen molar-refractivity contribution in [3.05, 3.63) is 49.0 Å². The molecule has 8 heteroatoms. The van der Waals surface area contributed by atoms with Gasteiger partial charge in [0, 0.05) is 32.3 Å². The molecule has 2 aromatic rings. The third-order valence-electron chi connectivity index (χ3n) is 2.58. The topological polar surface area (TPSA) is 72.2 Å². The average Bonchev–Trinajstić information content (AvgIpc) is 2.83. The van der Waals surface area contributed by atoms with Gasteiger partial charge in [-0.3, -0.25) is 0 Å². The van der Waals surface area contributed by atoms with Crippen molar-refractivity contribution in [3.8, 4) is 0 Å². The van der Waals surface area contributed by atoms with Crippen molar-refractivity contribution in [3.63, 3.8) is 0 Å². The fourth-order valence-electron chi connectivity index (χ4n) is 1.57. The third kappa shape index (κ3) is 3.90. The molecule has 0 radical (unpaired) electrons. The Morgan fingerprint density at radius 3 is 2.60 bits per heavy atom. The van der Waals surface area contributed by atoms with Gasteiger partial charge in [0.2, 0.25) is 10.0 Å². The molecule has 0 saturated heterocycles. The second-order valence-corrected chi connectivity index (χ2v) is 8.53. The summed E-state index contributed by atoms with van der Waals surface area (Å²) in [6.45, 7) is 0.561. The molecule has 0 aliphatic carbocycles. The molecule has 0 saturated carbocycles. The molecule has 1 aromatic carbocycles. The highest BCUT2D eigenvalue weighted by Gasteiger charge is 2.18. The minimum absolute atomic E-state index is 0.205. The summed E-state index contributed by atoms with van der Waals surface area (Å²) in [6, 6.07) is 6.95. The van der Waals surface area contributed by atoms with Crippen LogP contribution in [-0.4, -0.2) is 8.42 Å². The molecule has 1 aromatic heterocycles. The van der Waals surface area contributed by atoms with E-state index < -0.39 is 10.0 Å². The molecule has 20 heavy (non-hydrogen) atoms. The largest absolute Gasteiger partial charge is 0.326 e. The van der Waals surface area contributed by atoms with Crippen LogP contribution >= 0.6 is 43.2 Å². The highest BCUT2D eigenvalue weighted by atomic mass is 79.9. The molecule has 108 valence electrons. The lowest BCUT2D eigenvalue weighted by molar-refractivity contribution is 0.581. The molecule has 0 aliphatic rings. The summed E-state index contributed by atoms with van der Waals surface area (Å²) >= 11 is 8.09. The molecule has 4 nitrogen and oxygen atoms in total. The number of halogens is 2. The first-order valence-corrected chi connectivity index (χ1v) is 9.58. The molecule has 3 N–H and O–H groups in total. The Kier molecular flexibility index (Phi) is 5.38. The van der Waals surface area contributed by atoms with E-state index in [2.05, 4.69) is 36.6 Å². The van der Waals surface area contributed by atoms with Crippen LogP contribution in [0.2, 0.25) is 0 Å². The summed E-state index contributed by atoms with van der Waals surface area (Å²) < 4.78 is 28.7. The number of benzene rings is 1. The van der Waals surface area contributed by atoms with Crippen molar-refractivity contribution >= 4 is 53.2 Å². The Labute approximate surface area is 138 Å². The zero-order chi connectivity index (χ0) is 14.8. The predicted octanol–water partition coefficient (Wildman–Crippen LogP) is 3.21. The smallest absolute Gasteiger partial charge is 0.242 e. The fourth-order valence-corrected chi connectivity index (χ4v) is 5.07. The lowest BCUT2D eigenvalue weighted by atomic mass is 10.2. The Morgan fingerprint density at radius 1 is 1.25 bits per heavy atom. The first-order valence-electron chi connectivity index (χ1n) is 5.63. The molecule has 2 rings (SSSR count). The number of rotatable bonds is 5. The summed E-state index contributed by atoms with van der Waals surface area (Å²) in [6.07, 6.45) is 0. The molecule has 0 atom stereocenters. The number of thiophene rings is 1. The highest BCUT2D eigenvalue weighted by molar-refractivity contribution is 9.10. The highest BCUT2D eigenvalue weighted by Crippen LogP contribution is 2.24. The first kappa shape index (κ1) is 16.1. The zero-order valence-electron chi connectivity index (χ0n) is 10.3. The SMILES string of the molecule is NCc1ccc(Br)c(S(=O)(=O)NCc2cc(Br)cs2)c1. The second kappa shape index (κ2) is 6.67. The van der Waals surface area contributed by atoms with Gasteiger partial charge in [-0.1, -0.05) is 6.07 Å². The van der Waals surface area contributed by atoms with Crippen molar-refractivity contribution in [2.24, 2.45) is 5.73 Å². The fraction of sp³-hybridized carbons (Fsp3) is 0.167. The van der Waals surface area contributed by atoms with E-state index in [1.54, 1.807) is 18.2 Å². The van der Waals surface area contributed by atoms with Gasteiger partial charge < -0.3 is 5.73 Å². The molecule has 0 unspecified atom stereocenters. The molecule has 0 bridgehead atoms. The summed E-state index contributed by atoms with van der Waals surface area (Å²) in [5.41, 5.74) is 6.32. The van der Waals surface area contributed by atoms with Crippen LogP contribution in [0.4, 0.5) is 0 Å². The van der Waals surface area contributed by atoms with Crippen molar-refractivity contribution in [2.45, 2.75) is 18.0 Å². The van der Waals surface area contributed by atoms with Crippen LogP contribution in [0.3, 0.4) is 0 Å². The van der Waals surface area contributed by atoms with E-state index in [4.69, 9.17) is 5.73 Å². The molecule has 1 heterocycles. The summed E-state index contributed by atoms with van der Waals surface area (Å²) in [7, 11) is -3.57. The van der Waals surface area contributed by atoms with Crippen LogP contribution in [0, 0.1) is 0 Å². The minimum atomic E-state index is -3.57. The monoisotopic (exact) mass is 438 g/mol. The van der Waals surface area contributed by atoms with E-state index >= 15 is 0 Å². The second-order valence-electron chi connectivity index (χ2n) is 4.02. The van der Waals surface area contributed by atoms with Crippen molar-refractivity contribution in [1.29, 1.82) is 0 Å². The van der Waals surface area contributed by atoms with Crippen molar-refractivity contribution in [2.75, 3.05) is 0 Å². The number of nitrogens with two attached hydrogens (primary N) is 1. The zero-order valence-corrected chi connectivity index (χ0v) is 15.1. The van der Waals surface area contributed by atoms with Gasteiger partial charge in [-0.15, -0.1) is 11.3 Å². The molecular formula is C12H12Br2N2O2S2. The van der Waals surface area contributed by atoms with Crippen molar-refractivity contribution < 1.29 is 8.42 Å². The maximum Gasteiger partial charge on any atom is 0.242 e. The molecule has 0 spiro atoms. The van der Waals surface area contributed by atoms with Crippen LogP contribution in [0.15, 0.2) is 43.5 Å². The van der Waals surface area contributed by atoms with Crippen LogP contribution in [0.1, 0.15) is 10.4 Å². The van der Waals surface area contributed by atoms with E-state index in [1.165, 1.54) is 11.3 Å². The van der Waals surface area contributed by atoms with Crippen LogP contribution in [0.25, 0.3) is 0 Å². The minimum Gasteiger partial charge on any atom is -0.326 e. The lowest BCUT2D eigenvalue weighted by Crippen LogP contribution is -2.23. The quantitative estimate of drug-likeness (QED) is 0.751. The Morgan fingerprint density at radius 2 is 2.00 bits per heavy atom. The third-order valence-corrected chi connectivity index (χ3v) is 6.67. The molecular weight excluding hydrogens is 428 g/mol. The van der Waals surface area contributed by atoms with Gasteiger partial charge >= 0.3 is 0 Å². The van der Waals surface area contributed by atoms with Gasteiger partial charge in [0.1, 0.15) is 0 Å². The van der Waals surface area contributed by atoms with Gasteiger partial charge in [-0.2, -0.15) is 0 Å². The van der Waals surface area contributed by atoms with Gasteiger partial charge in [-0.25, -0.2) is 13.1 Å². The standard InChI is InChI=1S/C12H12Br2N2O2S2/c13-9-4-10(19-7-9)6-16-20(17,18)12-3-8(5-15)1-2-11(12)14/h1-4,7,16H,5-6,15H2. The molecule has 0 fully saturated rings. The van der Waals surface area contributed by atoms with Gasteiger partial charge in [0.25, 0.3) is 0 Å². The number of hydrogen-bond donors (Lipinski definition) is 2. The Hall–Kier alpha value is -0.250. The first-order chi connectivity index (χ1) is 9.42. The molecule has 0 amide bonds. The molecule has 0 aliphatic heterocycles. The average molecular weight is 440 g/mol. The van der Waals surface area contributed by atoms with E-state index in [0.717, 1.165) is 14.9 Å².